The van der Waals surface area contributed by atoms with Crippen LogP contribution in [0, 0.1) is 6.92 Å². The maximum absolute atomic E-state index is 10.6. The van der Waals surface area contributed by atoms with Gasteiger partial charge in [-0.05, 0) is 54.3 Å². The number of H-pyrrole nitrogens is 1. The van der Waals surface area contributed by atoms with Gasteiger partial charge in [-0.1, -0.05) is 60.2 Å². The number of carbonyl (C=O) groups is 1. The second-order valence-corrected chi connectivity index (χ2v) is 7.55. The van der Waals surface area contributed by atoms with Gasteiger partial charge in [0.15, 0.2) is 0 Å². The maximum Gasteiger partial charge on any atom is 0.490 e. The third-order valence-corrected chi connectivity index (χ3v) is 4.99. The minimum absolute atomic E-state index is 0.895. The minimum atomic E-state index is -5.08. The molecule has 5 nitrogen and oxygen atoms in total. The van der Waals surface area contributed by atoms with Crippen LogP contribution in [0.3, 0.4) is 0 Å². The third kappa shape index (κ3) is 7.18. The molecule has 4 aromatic rings. The molecule has 0 radical (unpaired) electrons. The Balaban J connectivity index is 0.000000383. The van der Waals surface area contributed by atoms with Crippen molar-refractivity contribution in [1.29, 1.82) is 0 Å². The molecule has 0 bridgehead atoms. The first-order chi connectivity index (χ1) is 15.7. The smallest absolute Gasteiger partial charge is 0.475 e. The highest BCUT2D eigenvalue weighted by molar-refractivity contribution is 5.81. The largest absolute Gasteiger partial charge is 0.490 e. The molecule has 3 aromatic carbocycles. The topological polar surface area (TPSA) is 78.0 Å². The van der Waals surface area contributed by atoms with Crippen molar-refractivity contribution in [2.75, 3.05) is 6.54 Å². The van der Waals surface area contributed by atoms with Crippen LogP contribution in [-0.4, -0.2) is 33.8 Å². The van der Waals surface area contributed by atoms with E-state index in [1.54, 1.807) is 6.33 Å². The number of aromatic amines is 1. The normalized spacial score (nSPS) is 11.2. The molecule has 1 aromatic heterocycles. The van der Waals surface area contributed by atoms with E-state index in [4.69, 9.17) is 9.90 Å². The average molecular weight is 455 g/mol. The van der Waals surface area contributed by atoms with E-state index in [9.17, 15) is 13.2 Å². The fraction of sp³-hybridized carbons (Fsp3) is 0.200. The van der Waals surface area contributed by atoms with Crippen molar-refractivity contribution in [2.45, 2.75) is 26.1 Å². The minimum Gasteiger partial charge on any atom is -0.475 e. The van der Waals surface area contributed by atoms with Crippen LogP contribution >= 0.6 is 0 Å². The summed E-state index contributed by atoms with van der Waals surface area (Å²) in [6, 6.07) is 23.9. The van der Waals surface area contributed by atoms with Gasteiger partial charge in [-0.3, -0.25) is 0 Å². The average Bonchev–Trinajstić information content (AvgIpc) is 3.26. The zero-order chi connectivity index (χ0) is 23.8. The Hall–Kier alpha value is -3.65. The van der Waals surface area contributed by atoms with Crippen molar-refractivity contribution in [3.05, 3.63) is 89.7 Å². The van der Waals surface area contributed by atoms with Crippen molar-refractivity contribution in [1.82, 2.24) is 15.3 Å². The quantitative estimate of drug-likeness (QED) is 0.335. The van der Waals surface area contributed by atoms with Crippen LogP contribution in [0.25, 0.3) is 22.2 Å². The van der Waals surface area contributed by atoms with E-state index in [-0.39, 0.29) is 0 Å². The van der Waals surface area contributed by atoms with Gasteiger partial charge in [0.25, 0.3) is 0 Å². The highest BCUT2D eigenvalue weighted by Crippen LogP contribution is 2.23. The van der Waals surface area contributed by atoms with E-state index in [0.29, 0.717) is 0 Å². The number of aryl methyl sites for hydroxylation is 1. The lowest BCUT2D eigenvalue weighted by atomic mass is 10.0. The fourth-order valence-electron chi connectivity index (χ4n) is 3.15. The molecule has 33 heavy (non-hydrogen) atoms. The number of rotatable bonds is 6. The van der Waals surface area contributed by atoms with Gasteiger partial charge in [0.2, 0.25) is 0 Å². The molecule has 0 spiro atoms. The molecule has 8 heteroatoms. The molecule has 1 heterocycles. The predicted octanol–water partition coefficient (Wildman–Crippen LogP) is 5.50. The number of nitrogens with one attached hydrogen (secondary N) is 2. The first-order valence-corrected chi connectivity index (χ1v) is 10.3. The molecule has 0 unspecified atom stereocenters. The van der Waals surface area contributed by atoms with Gasteiger partial charge in [0, 0.05) is 6.54 Å². The summed E-state index contributed by atoms with van der Waals surface area (Å²) in [7, 11) is 0. The van der Waals surface area contributed by atoms with Gasteiger partial charge < -0.3 is 15.4 Å². The van der Waals surface area contributed by atoms with E-state index < -0.39 is 12.1 Å². The number of carboxylic acid groups (broad SMARTS) is 1. The van der Waals surface area contributed by atoms with E-state index >= 15 is 0 Å². The van der Waals surface area contributed by atoms with Gasteiger partial charge in [0.05, 0.1) is 17.4 Å². The second-order valence-electron chi connectivity index (χ2n) is 7.55. The second kappa shape index (κ2) is 10.8. The molecule has 0 saturated heterocycles. The molecule has 4 rings (SSSR count). The monoisotopic (exact) mass is 455 g/mol. The summed E-state index contributed by atoms with van der Waals surface area (Å²) in [5.41, 5.74) is 8.51. The van der Waals surface area contributed by atoms with E-state index in [2.05, 4.69) is 88.9 Å². The Morgan fingerprint density at radius 2 is 1.58 bits per heavy atom. The lowest BCUT2D eigenvalue weighted by Gasteiger charge is -2.07. The molecule has 0 fully saturated rings. The Kier molecular flexibility index (Phi) is 7.84. The number of hydrogen-bond donors (Lipinski definition) is 3. The maximum atomic E-state index is 10.6. The summed E-state index contributed by atoms with van der Waals surface area (Å²) in [5, 5.41) is 10.7. The molecule has 0 aliphatic heterocycles. The first kappa shape index (κ1) is 24.0. The number of fused-ring (bicyclic) bond motifs is 1. The summed E-state index contributed by atoms with van der Waals surface area (Å²) in [6.45, 7) is 4.01. The van der Waals surface area contributed by atoms with Crippen LogP contribution in [0.4, 0.5) is 13.2 Å². The molecule has 0 amide bonds. The number of aromatic nitrogens is 2. The van der Waals surface area contributed by atoms with Crippen molar-refractivity contribution in [3.8, 4) is 11.1 Å². The molecule has 172 valence electrons. The van der Waals surface area contributed by atoms with Gasteiger partial charge >= 0.3 is 12.1 Å². The van der Waals surface area contributed by atoms with Gasteiger partial charge in [0.1, 0.15) is 0 Å². The highest BCUT2D eigenvalue weighted by atomic mass is 19.4. The van der Waals surface area contributed by atoms with Gasteiger partial charge in [-0.25, -0.2) is 9.78 Å². The van der Waals surface area contributed by atoms with E-state index in [0.717, 1.165) is 30.5 Å². The van der Waals surface area contributed by atoms with Crippen LogP contribution in [0.2, 0.25) is 0 Å². The van der Waals surface area contributed by atoms with E-state index in [1.165, 1.54) is 27.8 Å². The summed E-state index contributed by atoms with van der Waals surface area (Å²) < 4.78 is 31.7. The predicted molar refractivity (Wildman–Crippen MR) is 122 cm³/mol. The zero-order valence-corrected chi connectivity index (χ0v) is 18.0. The summed E-state index contributed by atoms with van der Waals surface area (Å²) in [6.07, 6.45) is -2.29. The first-order valence-electron chi connectivity index (χ1n) is 10.3. The molecular weight excluding hydrogens is 431 g/mol. The number of hydrogen-bond acceptors (Lipinski definition) is 3. The van der Waals surface area contributed by atoms with Crippen LogP contribution in [-0.2, 0) is 17.8 Å². The van der Waals surface area contributed by atoms with Crippen molar-refractivity contribution in [3.63, 3.8) is 0 Å². The SMILES string of the molecule is Cc1ccc(CCNCc2ccc(-c3ccc4nc[nH]c4c3)cc2)cc1.O=C(O)C(F)(F)F. The number of benzene rings is 3. The Morgan fingerprint density at radius 3 is 2.21 bits per heavy atom. The third-order valence-electron chi connectivity index (χ3n) is 4.99. The molecule has 0 aliphatic carbocycles. The lowest BCUT2D eigenvalue weighted by molar-refractivity contribution is -0.192. The van der Waals surface area contributed by atoms with Crippen molar-refractivity contribution < 1.29 is 23.1 Å². The number of nitrogens with zero attached hydrogens (tertiary/aromatic N) is 1. The molecule has 0 saturated carbocycles. The molecular formula is C25H24F3N3O2. The van der Waals surface area contributed by atoms with Crippen molar-refractivity contribution >= 4 is 17.0 Å². The summed E-state index contributed by atoms with van der Waals surface area (Å²) in [4.78, 5) is 16.3. The standard InChI is InChI=1S/C23H23N3.C2HF3O2/c1-17-2-4-18(5-3-17)12-13-24-15-19-6-8-20(9-7-19)21-10-11-22-23(14-21)26-16-25-22;3-2(4,5)1(6)7/h2-11,14,16,24H,12-13,15H2,1H3,(H,25,26);(H,6,7). The van der Waals surface area contributed by atoms with Crippen LogP contribution < -0.4 is 5.32 Å². The van der Waals surface area contributed by atoms with E-state index in [1.807, 2.05) is 0 Å². The lowest BCUT2D eigenvalue weighted by Crippen LogP contribution is -2.21. The summed E-state index contributed by atoms with van der Waals surface area (Å²) >= 11 is 0. The molecule has 0 aliphatic rings. The fourth-order valence-corrected chi connectivity index (χ4v) is 3.15. The summed E-state index contributed by atoms with van der Waals surface area (Å²) in [5.74, 6) is -2.76. The number of aliphatic carboxylic acids is 1. The number of carboxylic acids is 1. The number of halogens is 3. The number of imidazole rings is 1. The van der Waals surface area contributed by atoms with Crippen molar-refractivity contribution in [2.24, 2.45) is 0 Å². The van der Waals surface area contributed by atoms with Crippen LogP contribution in [0.15, 0.2) is 73.1 Å². The van der Waals surface area contributed by atoms with Crippen LogP contribution in [0.5, 0.6) is 0 Å². The number of alkyl halides is 3. The Morgan fingerprint density at radius 1 is 0.970 bits per heavy atom. The molecule has 3 N–H and O–H groups in total. The van der Waals surface area contributed by atoms with Crippen LogP contribution in [0.1, 0.15) is 16.7 Å². The van der Waals surface area contributed by atoms with Gasteiger partial charge in [-0.15, -0.1) is 0 Å². The Bertz CT molecular complexity index is 1180. The molecule has 0 atom stereocenters. The Labute approximate surface area is 189 Å². The zero-order valence-electron chi connectivity index (χ0n) is 18.0. The van der Waals surface area contributed by atoms with Gasteiger partial charge in [-0.2, -0.15) is 13.2 Å². The highest BCUT2D eigenvalue weighted by Gasteiger charge is 2.38.